The van der Waals surface area contributed by atoms with Crippen molar-refractivity contribution in [1.82, 2.24) is 0 Å². The Morgan fingerprint density at radius 2 is 1.77 bits per heavy atom. The van der Waals surface area contributed by atoms with E-state index in [2.05, 4.69) is 72.6 Å². The third kappa shape index (κ3) is 3.96. The van der Waals surface area contributed by atoms with Gasteiger partial charge in [0, 0.05) is 5.92 Å². The molecule has 3 aromatic rings. The Kier molecular flexibility index (Phi) is 5.49. The highest BCUT2D eigenvalue weighted by Gasteiger charge is 2.38. The van der Waals surface area contributed by atoms with Gasteiger partial charge in [0.2, 0.25) is 0 Å². The van der Waals surface area contributed by atoms with Gasteiger partial charge in [-0.1, -0.05) is 79.4 Å². The Bertz CT molecular complexity index is 1070. The Balaban J connectivity index is 1.37. The van der Waals surface area contributed by atoms with Crippen molar-refractivity contribution < 1.29 is 9.47 Å². The molecule has 3 aromatic carbocycles. The number of hydrogen-bond acceptors (Lipinski definition) is 3. The van der Waals surface area contributed by atoms with Crippen LogP contribution in [0.3, 0.4) is 0 Å². The van der Waals surface area contributed by atoms with E-state index in [1.54, 1.807) is 6.08 Å². The number of fused-ring (bicyclic) bond motifs is 3. The molecule has 3 nitrogen and oxygen atoms in total. The van der Waals surface area contributed by atoms with Crippen LogP contribution in [0.5, 0.6) is 11.5 Å². The minimum absolute atomic E-state index is 0.226. The lowest BCUT2D eigenvalue weighted by atomic mass is 9.77. The van der Waals surface area contributed by atoms with Crippen molar-refractivity contribution in [3.8, 4) is 11.5 Å². The van der Waals surface area contributed by atoms with Crippen molar-refractivity contribution >= 4 is 5.69 Å². The third-order valence-corrected chi connectivity index (χ3v) is 6.20. The highest BCUT2D eigenvalue weighted by Crippen LogP contribution is 2.52. The van der Waals surface area contributed by atoms with E-state index in [0.717, 1.165) is 23.6 Å². The van der Waals surface area contributed by atoms with Crippen LogP contribution < -0.4 is 14.8 Å². The van der Waals surface area contributed by atoms with Crippen molar-refractivity contribution in [1.29, 1.82) is 0 Å². The number of allylic oxidation sites excluding steroid dienone is 2. The Morgan fingerprint density at radius 3 is 2.58 bits per heavy atom. The van der Waals surface area contributed by atoms with Crippen LogP contribution in [0.25, 0.3) is 0 Å². The molecule has 1 aliphatic heterocycles. The summed E-state index contributed by atoms with van der Waals surface area (Å²) in [4.78, 5) is 0. The molecular weight excluding hydrogens is 382 g/mol. The summed E-state index contributed by atoms with van der Waals surface area (Å²) in [7, 11) is 0. The molecule has 5 rings (SSSR count). The summed E-state index contributed by atoms with van der Waals surface area (Å²) >= 11 is 0. The summed E-state index contributed by atoms with van der Waals surface area (Å²) in [5, 5.41) is 3.80. The van der Waals surface area contributed by atoms with Gasteiger partial charge < -0.3 is 14.8 Å². The molecule has 0 bridgehead atoms. The van der Waals surface area contributed by atoms with Gasteiger partial charge in [0.25, 0.3) is 0 Å². The van der Waals surface area contributed by atoms with Gasteiger partial charge in [0.05, 0.1) is 11.7 Å². The minimum atomic E-state index is 0.226. The van der Waals surface area contributed by atoms with Gasteiger partial charge in [-0.2, -0.15) is 0 Å². The fourth-order valence-corrected chi connectivity index (χ4v) is 4.70. The molecule has 2 aliphatic rings. The second-order valence-electron chi connectivity index (χ2n) is 8.14. The number of para-hydroxylation sites is 1. The molecule has 0 saturated carbocycles. The summed E-state index contributed by atoms with van der Waals surface area (Å²) in [5.74, 6) is 2.68. The number of ether oxygens (including phenoxy) is 2. The van der Waals surface area contributed by atoms with Crippen LogP contribution in [-0.4, -0.2) is 6.61 Å². The molecule has 0 fully saturated rings. The van der Waals surface area contributed by atoms with Gasteiger partial charge in [-0.15, -0.1) is 0 Å². The maximum atomic E-state index is 5.98. The highest BCUT2D eigenvalue weighted by atomic mass is 16.5. The molecule has 3 unspecified atom stereocenters. The van der Waals surface area contributed by atoms with Crippen LogP contribution in [0.1, 0.15) is 35.1 Å². The molecule has 156 valence electrons. The van der Waals surface area contributed by atoms with Crippen LogP contribution >= 0.6 is 0 Å². The van der Waals surface area contributed by atoms with E-state index in [0.29, 0.717) is 25.0 Å². The molecule has 1 heterocycles. The monoisotopic (exact) mass is 409 g/mol. The maximum absolute atomic E-state index is 5.98. The van der Waals surface area contributed by atoms with Gasteiger partial charge >= 0.3 is 0 Å². The van der Waals surface area contributed by atoms with Crippen molar-refractivity contribution in [3.63, 3.8) is 0 Å². The quantitative estimate of drug-likeness (QED) is 0.443. The van der Waals surface area contributed by atoms with E-state index in [1.165, 1.54) is 16.7 Å². The average molecular weight is 410 g/mol. The molecule has 3 atom stereocenters. The highest BCUT2D eigenvalue weighted by molar-refractivity contribution is 5.67. The molecule has 1 aliphatic carbocycles. The number of anilines is 1. The topological polar surface area (TPSA) is 30.5 Å². The summed E-state index contributed by atoms with van der Waals surface area (Å²) in [5.41, 5.74) is 4.87. The van der Waals surface area contributed by atoms with Crippen molar-refractivity contribution in [2.24, 2.45) is 5.92 Å². The van der Waals surface area contributed by atoms with Crippen LogP contribution in [-0.2, 0) is 6.61 Å². The third-order valence-electron chi connectivity index (χ3n) is 6.20. The van der Waals surface area contributed by atoms with Gasteiger partial charge in [0.1, 0.15) is 24.7 Å². The SMILES string of the molecule is C=CCOc1cccc2c1NC(c1ccc(OCc3ccccc3)cc1)C1CC=CC21. The van der Waals surface area contributed by atoms with Gasteiger partial charge in [-0.05, 0) is 47.2 Å². The summed E-state index contributed by atoms with van der Waals surface area (Å²) in [6.07, 6.45) is 7.53. The Morgan fingerprint density at radius 1 is 0.935 bits per heavy atom. The van der Waals surface area contributed by atoms with Crippen molar-refractivity contribution in [2.75, 3.05) is 11.9 Å². The predicted molar refractivity (Wildman–Crippen MR) is 126 cm³/mol. The second-order valence-corrected chi connectivity index (χ2v) is 8.14. The van der Waals surface area contributed by atoms with Crippen LogP contribution in [0.2, 0.25) is 0 Å². The van der Waals surface area contributed by atoms with Crippen molar-refractivity contribution in [2.45, 2.75) is 25.0 Å². The second kappa shape index (κ2) is 8.73. The van der Waals surface area contributed by atoms with E-state index in [4.69, 9.17) is 9.47 Å². The smallest absolute Gasteiger partial charge is 0.143 e. The number of hydrogen-bond donors (Lipinski definition) is 1. The predicted octanol–water partition coefficient (Wildman–Crippen LogP) is 6.66. The molecule has 0 saturated heterocycles. The first-order valence-electron chi connectivity index (χ1n) is 10.9. The van der Waals surface area contributed by atoms with Gasteiger partial charge in [0.15, 0.2) is 0 Å². The van der Waals surface area contributed by atoms with Crippen LogP contribution in [0, 0.1) is 5.92 Å². The molecule has 0 amide bonds. The van der Waals surface area contributed by atoms with E-state index >= 15 is 0 Å². The molecule has 1 N–H and O–H groups in total. The lowest BCUT2D eigenvalue weighted by molar-refractivity contribution is 0.306. The Hall–Kier alpha value is -3.46. The molecule has 3 heteroatoms. The molecule has 0 radical (unpaired) electrons. The fraction of sp³-hybridized carbons (Fsp3) is 0.214. The number of benzene rings is 3. The van der Waals surface area contributed by atoms with Gasteiger partial charge in [-0.25, -0.2) is 0 Å². The lowest BCUT2D eigenvalue weighted by Gasteiger charge is -2.38. The van der Waals surface area contributed by atoms with E-state index in [-0.39, 0.29) is 6.04 Å². The standard InChI is InChI=1S/C28H27NO2/c1-2-18-30-26-13-7-12-25-23-10-6-11-24(23)27(29-28(25)26)21-14-16-22(17-15-21)31-19-20-8-4-3-5-9-20/h2-10,12-17,23-24,27,29H,1,11,18-19H2. The largest absolute Gasteiger partial charge is 0.489 e. The van der Waals surface area contributed by atoms with E-state index in [1.807, 2.05) is 24.3 Å². The normalized spacial score (nSPS) is 21.0. The lowest BCUT2D eigenvalue weighted by Crippen LogP contribution is -2.29. The molecule has 31 heavy (non-hydrogen) atoms. The summed E-state index contributed by atoms with van der Waals surface area (Å²) < 4.78 is 11.9. The first kappa shape index (κ1) is 19.5. The van der Waals surface area contributed by atoms with Crippen LogP contribution in [0.4, 0.5) is 5.69 Å². The molecule has 0 aromatic heterocycles. The van der Waals surface area contributed by atoms with Crippen LogP contribution in [0.15, 0.2) is 97.6 Å². The zero-order valence-electron chi connectivity index (χ0n) is 17.5. The zero-order valence-corrected chi connectivity index (χ0v) is 17.5. The first-order chi connectivity index (χ1) is 15.3. The number of rotatable bonds is 7. The summed E-state index contributed by atoms with van der Waals surface area (Å²) in [6.45, 7) is 4.86. The van der Waals surface area contributed by atoms with E-state index in [9.17, 15) is 0 Å². The molecule has 0 spiro atoms. The maximum Gasteiger partial charge on any atom is 0.143 e. The molecular formula is C28H27NO2. The van der Waals surface area contributed by atoms with Crippen molar-refractivity contribution in [3.05, 3.63) is 114 Å². The summed E-state index contributed by atoms with van der Waals surface area (Å²) in [6, 6.07) is 25.3. The Labute approximate surface area is 184 Å². The number of nitrogens with one attached hydrogen (secondary N) is 1. The van der Waals surface area contributed by atoms with E-state index < -0.39 is 0 Å². The first-order valence-corrected chi connectivity index (χ1v) is 10.9. The average Bonchev–Trinajstić information content (AvgIpc) is 3.32. The minimum Gasteiger partial charge on any atom is -0.489 e. The van der Waals surface area contributed by atoms with Gasteiger partial charge in [-0.3, -0.25) is 0 Å². The fourth-order valence-electron chi connectivity index (χ4n) is 4.70. The zero-order chi connectivity index (χ0) is 21.0.